The number of alkyl halides is 3. The van der Waals surface area contributed by atoms with E-state index in [0.29, 0.717) is 5.56 Å². The molecular weight excluding hydrogens is 377 g/mol. The molecule has 2 aromatic carbocycles. The van der Waals surface area contributed by atoms with Crippen LogP contribution in [0.1, 0.15) is 29.5 Å². The molecule has 1 fully saturated rings. The quantitative estimate of drug-likeness (QED) is 0.585. The maximum atomic E-state index is 12.8. The van der Waals surface area contributed by atoms with E-state index in [9.17, 15) is 13.2 Å². The largest absolute Gasteiger partial charge is 0.490 e. The molecule has 0 saturated carbocycles. The zero-order valence-corrected chi connectivity index (χ0v) is 15.7. The van der Waals surface area contributed by atoms with E-state index in [-0.39, 0.29) is 6.10 Å². The predicted octanol–water partition coefficient (Wildman–Crippen LogP) is 5.55. The Morgan fingerprint density at radius 3 is 2.45 bits per heavy atom. The minimum absolute atomic E-state index is 0.147. The van der Waals surface area contributed by atoms with Gasteiger partial charge in [-0.3, -0.25) is 4.98 Å². The van der Waals surface area contributed by atoms with Gasteiger partial charge in [0.05, 0.1) is 5.56 Å². The molecule has 1 aliphatic rings. The van der Waals surface area contributed by atoms with Crippen molar-refractivity contribution in [1.29, 1.82) is 0 Å². The molecule has 0 bridgehead atoms. The molecule has 0 unspecified atom stereocenters. The Hall–Kier alpha value is -2.86. The molecule has 0 amide bonds. The third kappa shape index (κ3) is 4.59. The lowest BCUT2D eigenvalue weighted by Crippen LogP contribution is -2.34. The van der Waals surface area contributed by atoms with E-state index in [2.05, 4.69) is 10.3 Å². The number of fused-ring (bicyclic) bond motifs is 1. The number of hydrogen-bond acceptors (Lipinski definition) is 3. The standard InChI is InChI=1S/C23H21F3N2O/c24-23(25,26)18-5-1-16(2-6-18)3-7-21-20-11-14-28-15-17(20)4-8-22(21)29-19-9-12-27-13-10-19/h1-8,11,14-15,19,27H,9-10,12-13H2. The highest BCUT2D eigenvalue weighted by atomic mass is 19.4. The van der Waals surface area contributed by atoms with Gasteiger partial charge in [0.15, 0.2) is 0 Å². The van der Waals surface area contributed by atoms with Crippen LogP contribution in [0.2, 0.25) is 0 Å². The first kappa shape index (κ1) is 19.5. The molecule has 1 aliphatic heterocycles. The molecule has 150 valence electrons. The number of nitrogens with zero attached hydrogens (tertiary/aromatic N) is 1. The summed E-state index contributed by atoms with van der Waals surface area (Å²) in [5.74, 6) is 0.777. The van der Waals surface area contributed by atoms with Crippen molar-refractivity contribution in [2.45, 2.75) is 25.1 Å². The van der Waals surface area contributed by atoms with E-state index in [1.54, 1.807) is 12.4 Å². The minimum atomic E-state index is -4.33. The summed E-state index contributed by atoms with van der Waals surface area (Å²) in [6, 6.07) is 11.0. The number of halogens is 3. The summed E-state index contributed by atoms with van der Waals surface area (Å²) >= 11 is 0. The average molecular weight is 398 g/mol. The van der Waals surface area contributed by atoms with Crippen LogP contribution in [0.5, 0.6) is 5.75 Å². The second-order valence-electron chi connectivity index (χ2n) is 7.09. The van der Waals surface area contributed by atoms with E-state index in [1.165, 1.54) is 12.1 Å². The van der Waals surface area contributed by atoms with Crippen LogP contribution in [0, 0.1) is 0 Å². The molecule has 0 aliphatic carbocycles. The fourth-order valence-corrected chi connectivity index (χ4v) is 3.50. The Balaban J connectivity index is 1.67. The maximum Gasteiger partial charge on any atom is 0.416 e. The van der Waals surface area contributed by atoms with Gasteiger partial charge in [0.2, 0.25) is 0 Å². The SMILES string of the molecule is FC(F)(F)c1ccc(C=Cc2c(OC3CCNCC3)ccc3cnccc23)cc1. The Labute approximate surface area is 167 Å². The molecule has 0 spiro atoms. The van der Waals surface area contributed by atoms with E-state index in [1.807, 2.05) is 30.4 Å². The van der Waals surface area contributed by atoms with Gasteiger partial charge in [0, 0.05) is 23.3 Å². The predicted molar refractivity (Wildman–Crippen MR) is 109 cm³/mol. The summed E-state index contributed by atoms with van der Waals surface area (Å²) in [5.41, 5.74) is 0.945. The Morgan fingerprint density at radius 2 is 1.72 bits per heavy atom. The average Bonchev–Trinajstić information content (AvgIpc) is 2.73. The normalized spacial score (nSPS) is 15.8. The molecule has 3 aromatic rings. The van der Waals surface area contributed by atoms with Crippen LogP contribution in [-0.2, 0) is 6.18 Å². The number of ether oxygens (including phenoxy) is 1. The molecule has 0 radical (unpaired) electrons. The molecule has 29 heavy (non-hydrogen) atoms. The van der Waals surface area contributed by atoms with Crippen molar-refractivity contribution in [3.05, 3.63) is 71.5 Å². The molecule has 3 nitrogen and oxygen atoms in total. The monoisotopic (exact) mass is 398 g/mol. The first-order valence-electron chi connectivity index (χ1n) is 9.60. The minimum Gasteiger partial charge on any atom is -0.490 e. The van der Waals surface area contributed by atoms with Crippen LogP contribution in [0.15, 0.2) is 54.9 Å². The van der Waals surface area contributed by atoms with Crippen molar-refractivity contribution in [3.63, 3.8) is 0 Å². The summed E-state index contributed by atoms with van der Waals surface area (Å²) in [4.78, 5) is 4.17. The van der Waals surface area contributed by atoms with E-state index >= 15 is 0 Å². The molecule has 4 rings (SSSR count). The van der Waals surface area contributed by atoms with Gasteiger partial charge in [-0.15, -0.1) is 0 Å². The number of benzene rings is 2. The lowest BCUT2D eigenvalue weighted by molar-refractivity contribution is -0.137. The summed E-state index contributed by atoms with van der Waals surface area (Å²) in [7, 11) is 0. The number of aromatic nitrogens is 1. The van der Waals surface area contributed by atoms with Crippen molar-refractivity contribution in [2.75, 3.05) is 13.1 Å². The Bertz CT molecular complexity index is 1010. The molecule has 1 aromatic heterocycles. The molecule has 1 N–H and O–H groups in total. The number of piperidine rings is 1. The van der Waals surface area contributed by atoms with Crippen LogP contribution in [0.4, 0.5) is 13.2 Å². The van der Waals surface area contributed by atoms with Gasteiger partial charge >= 0.3 is 6.18 Å². The number of rotatable bonds is 4. The highest BCUT2D eigenvalue weighted by molar-refractivity contribution is 5.94. The summed E-state index contributed by atoms with van der Waals surface area (Å²) in [5, 5.41) is 5.30. The number of pyridine rings is 1. The van der Waals surface area contributed by atoms with Crippen LogP contribution in [0.25, 0.3) is 22.9 Å². The van der Waals surface area contributed by atoms with Gasteiger partial charge in [-0.2, -0.15) is 13.2 Å². The third-order valence-corrected chi connectivity index (χ3v) is 5.08. The Morgan fingerprint density at radius 1 is 0.966 bits per heavy atom. The highest BCUT2D eigenvalue weighted by Gasteiger charge is 2.29. The summed E-state index contributed by atoms with van der Waals surface area (Å²) in [6.45, 7) is 1.86. The van der Waals surface area contributed by atoms with Gasteiger partial charge < -0.3 is 10.1 Å². The zero-order chi connectivity index (χ0) is 20.3. The fourth-order valence-electron chi connectivity index (χ4n) is 3.50. The molecular formula is C23H21F3N2O. The van der Waals surface area contributed by atoms with Crippen molar-refractivity contribution in [1.82, 2.24) is 10.3 Å². The molecule has 2 heterocycles. The molecule has 0 atom stereocenters. The first-order chi connectivity index (χ1) is 14.0. The summed E-state index contributed by atoms with van der Waals surface area (Å²) < 4.78 is 44.6. The van der Waals surface area contributed by atoms with Gasteiger partial charge in [-0.1, -0.05) is 24.3 Å². The lowest BCUT2D eigenvalue weighted by atomic mass is 10.0. The van der Waals surface area contributed by atoms with Gasteiger partial charge in [-0.05, 0) is 67.2 Å². The van der Waals surface area contributed by atoms with Gasteiger partial charge in [0.25, 0.3) is 0 Å². The topological polar surface area (TPSA) is 34.1 Å². The van der Waals surface area contributed by atoms with Crippen molar-refractivity contribution >= 4 is 22.9 Å². The zero-order valence-electron chi connectivity index (χ0n) is 15.7. The summed E-state index contributed by atoms with van der Waals surface area (Å²) in [6.07, 6.45) is 4.93. The molecule has 6 heteroatoms. The number of hydrogen-bond donors (Lipinski definition) is 1. The second-order valence-corrected chi connectivity index (χ2v) is 7.09. The van der Waals surface area contributed by atoms with Crippen LogP contribution >= 0.6 is 0 Å². The van der Waals surface area contributed by atoms with E-state index in [0.717, 1.165) is 60.1 Å². The van der Waals surface area contributed by atoms with Crippen LogP contribution < -0.4 is 10.1 Å². The maximum absolute atomic E-state index is 12.8. The first-order valence-corrected chi connectivity index (χ1v) is 9.60. The van der Waals surface area contributed by atoms with Crippen molar-refractivity contribution < 1.29 is 17.9 Å². The fraction of sp³-hybridized carbons (Fsp3) is 0.261. The van der Waals surface area contributed by atoms with Gasteiger partial charge in [0.1, 0.15) is 11.9 Å². The van der Waals surface area contributed by atoms with E-state index in [4.69, 9.17) is 4.74 Å². The highest BCUT2D eigenvalue weighted by Crippen LogP contribution is 2.32. The number of nitrogens with one attached hydrogen (secondary N) is 1. The smallest absolute Gasteiger partial charge is 0.416 e. The van der Waals surface area contributed by atoms with E-state index < -0.39 is 11.7 Å². The second kappa shape index (κ2) is 8.25. The van der Waals surface area contributed by atoms with Crippen LogP contribution in [0.3, 0.4) is 0 Å². The Kier molecular flexibility index (Phi) is 5.53. The van der Waals surface area contributed by atoms with Crippen molar-refractivity contribution in [3.8, 4) is 5.75 Å². The van der Waals surface area contributed by atoms with Crippen LogP contribution in [-0.4, -0.2) is 24.2 Å². The molecule has 1 saturated heterocycles. The third-order valence-electron chi connectivity index (χ3n) is 5.08. The van der Waals surface area contributed by atoms with Gasteiger partial charge in [-0.25, -0.2) is 0 Å². The van der Waals surface area contributed by atoms with Crippen molar-refractivity contribution in [2.24, 2.45) is 0 Å². The lowest BCUT2D eigenvalue weighted by Gasteiger charge is -2.25.